The summed E-state index contributed by atoms with van der Waals surface area (Å²) in [5.74, 6) is -0.882. The lowest BCUT2D eigenvalue weighted by atomic mass is 10.3. The Bertz CT molecular complexity index is 271. The summed E-state index contributed by atoms with van der Waals surface area (Å²) in [6.07, 6.45) is 1.75. The lowest BCUT2D eigenvalue weighted by molar-refractivity contribution is -0.695. The molecule has 58 valence electrons. The highest BCUT2D eigenvalue weighted by Crippen LogP contribution is 1.90. The van der Waals surface area contributed by atoms with Crippen LogP contribution in [0.4, 0.5) is 0 Å². The zero-order chi connectivity index (χ0) is 8.27. The van der Waals surface area contributed by atoms with Crippen LogP contribution in [-0.4, -0.2) is 11.1 Å². The van der Waals surface area contributed by atoms with Crippen LogP contribution in [0.5, 0.6) is 0 Å². The van der Waals surface area contributed by atoms with E-state index in [4.69, 9.17) is 5.11 Å². The Morgan fingerprint density at radius 2 is 2.36 bits per heavy atom. The van der Waals surface area contributed by atoms with Gasteiger partial charge in [0.1, 0.15) is 6.54 Å². The summed E-state index contributed by atoms with van der Waals surface area (Å²) in [5.41, 5.74) is 0.329. The predicted octanol–water partition coefficient (Wildman–Crippen LogP) is 0.692. The third-order valence-corrected chi connectivity index (χ3v) is 1.50. The van der Waals surface area contributed by atoms with E-state index in [0.717, 1.165) is 0 Å². The number of carboxylic acid groups (broad SMARTS) is 1. The number of hydrogen-bond acceptors (Lipinski definition) is 1. The minimum atomic E-state index is -0.882. The number of carboxylic acids is 1. The molecule has 1 aromatic heterocycles. The maximum absolute atomic E-state index is 10.6. The third kappa shape index (κ3) is 1.55. The van der Waals surface area contributed by atoms with E-state index in [2.05, 4.69) is 0 Å². The summed E-state index contributed by atoms with van der Waals surface area (Å²) in [6.45, 7) is 2.59. The number of carbonyl (C=O) groups is 1. The van der Waals surface area contributed by atoms with Gasteiger partial charge in [0.25, 0.3) is 5.69 Å². The molecule has 3 nitrogen and oxygen atoms in total. The first kappa shape index (κ1) is 7.72. The summed E-state index contributed by atoms with van der Waals surface area (Å²) in [4.78, 5) is 10.6. The molecule has 0 radical (unpaired) electrons. The number of pyridine rings is 1. The summed E-state index contributed by atoms with van der Waals surface area (Å²) >= 11 is 0. The molecule has 0 amide bonds. The van der Waals surface area contributed by atoms with Gasteiger partial charge in [-0.2, -0.15) is 4.57 Å². The van der Waals surface area contributed by atoms with E-state index in [0.29, 0.717) is 12.2 Å². The highest BCUT2D eigenvalue weighted by atomic mass is 16.4. The van der Waals surface area contributed by atoms with Gasteiger partial charge < -0.3 is 5.11 Å². The molecule has 0 aromatic carbocycles. The zero-order valence-corrected chi connectivity index (χ0v) is 6.32. The van der Waals surface area contributed by atoms with Crippen molar-refractivity contribution in [3.63, 3.8) is 0 Å². The van der Waals surface area contributed by atoms with Crippen molar-refractivity contribution in [1.29, 1.82) is 0 Å². The molecule has 0 aliphatic carbocycles. The highest BCUT2D eigenvalue weighted by Gasteiger charge is 2.14. The van der Waals surface area contributed by atoms with Crippen molar-refractivity contribution >= 4 is 5.97 Å². The lowest BCUT2D eigenvalue weighted by Gasteiger charge is -1.94. The van der Waals surface area contributed by atoms with Gasteiger partial charge in [-0.15, -0.1) is 0 Å². The molecule has 11 heavy (non-hydrogen) atoms. The topological polar surface area (TPSA) is 41.2 Å². The number of nitrogens with zero attached hydrogens (tertiary/aromatic N) is 1. The van der Waals surface area contributed by atoms with E-state index in [1.807, 2.05) is 13.0 Å². The van der Waals surface area contributed by atoms with Crippen LogP contribution in [0.25, 0.3) is 0 Å². The Kier molecular flexibility index (Phi) is 2.21. The molecule has 1 heterocycles. The number of aryl methyl sites for hydroxylation is 1. The van der Waals surface area contributed by atoms with Crippen LogP contribution < -0.4 is 4.57 Å². The normalized spacial score (nSPS) is 9.55. The molecule has 0 atom stereocenters. The smallest absolute Gasteiger partial charge is 0.401 e. The van der Waals surface area contributed by atoms with Crippen molar-refractivity contribution in [2.45, 2.75) is 13.5 Å². The van der Waals surface area contributed by atoms with Crippen molar-refractivity contribution in [3.8, 4) is 0 Å². The van der Waals surface area contributed by atoms with Crippen LogP contribution in [0.2, 0.25) is 0 Å². The van der Waals surface area contributed by atoms with E-state index in [-0.39, 0.29) is 0 Å². The molecule has 0 saturated heterocycles. The van der Waals surface area contributed by atoms with Gasteiger partial charge in [0.15, 0.2) is 6.20 Å². The SMILES string of the molecule is CC[n+]1ccccc1C(=O)O. The monoisotopic (exact) mass is 152 g/mol. The fourth-order valence-electron chi connectivity index (χ4n) is 0.946. The van der Waals surface area contributed by atoms with Crippen LogP contribution in [0, 0.1) is 0 Å². The Morgan fingerprint density at radius 1 is 1.64 bits per heavy atom. The Hall–Kier alpha value is -1.38. The van der Waals surface area contributed by atoms with E-state index >= 15 is 0 Å². The van der Waals surface area contributed by atoms with Gasteiger partial charge in [0.05, 0.1) is 0 Å². The van der Waals surface area contributed by atoms with Gasteiger partial charge >= 0.3 is 5.97 Å². The quantitative estimate of drug-likeness (QED) is 0.633. The minimum absolute atomic E-state index is 0.329. The summed E-state index contributed by atoms with van der Waals surface area (Å²) in [7, 11) is 0. The van der Waals surface area contributed by atoms with Crippen LogP contribution in [0.3, 0.4) is 0 Å². The summed E-state index contributed by atoms with van der Waals surface area (Å²) in [5, 5.41) is 8.68. The molecule has 0 bridgehead atoms. The summed E-state index contributed by atoms with van der Waals surface area (Å²) < 4.78 is 1.68. The number of rotatable bonds is 2. The van der Waals surface area contributed by atoms with Crippen LogP contribution in [0.15, 0.2) is 24.4 Å². The van der Waals surface area contributed by atoms with Crippen molar-refractivity contribution in [3.05, 3.63) is 30.1 Å². The Labute approximate surface area is 64.9 Å². The van der Waals surface area contributed by atoms with Crippen molar-refractivity contribution in [2.24, 2.45) is 0 Å². The fourth-order valence-corrected chi connectivity index (χ4v) is 0.946. The second-order valence-electron chi connectivity index (χ2n) is 2.18. The second kappa shape index (κ2) is 3.14. The Balaban J connectivity index is 3.12. The van der Waals surface area contributed by atoms with Gasteiger partial charge in [0.2, 0.25) is 0 Å². The molecular weight excluding hydrogens is 142 g/mol. The van der Waals surface area contributed by atoms with E-state index in [1.165, 1.54) is 0 Å². The van der Waals surface area contributed by atoms with Crippen LogP contribution >= 0.6 is 0 Å². The molecule has 0 aliphatic rings. The van der Waals surface area contributed by atoms with Gasteiger partial charge in [-0.05, 0) is 13.0 Å². The van der Waals surface area contributed by atoms with Crippen molar-refractivity contribution in [1.82, 2.24) is 0 Å². The van der Waals surface area contributed by atoms with Gasteiger partial charge in [0, 0.05) is 12.1 Å². The molecule has 0 aliphatic heterocycles. The lowest BCUT2D eigenvalue weighted by Crippen LogP contribution is -2.38. The molecular formula is C8H10NO2+. The molecule has 0 saturated carbocycles. The molecule has 0 spiro atoms. The average Bonchev–Trinajstić information content (AvgIpc) is 2.04. The van der Waals surface area contributed by atoms with Crippen molar-refractivity contribution in [2.75, 3.05) is 0 Å². The molecule has 3 heteroatoms. The maximum atomic E-state index is 10.6. The maximum Gasteiger partial charge on any atom is 0.401 e. The molecule has 0 unspecified atom stereocenters. The largest absolute Gasteiger partial charge is 0.473 e. The van der Waals surface area contributed by atoms with E-state index < -0.39 is 5.97 Å². The molecule has 0 fully saturated rings. The molecule has 1 aromatic rings. The number of hydrogen-bond donors (Lipinski definition) is 1. The van der Waals surface area contributed by atoms with Crippen molar-refractivity contribution < 1.29 is 14.5 Å². The predicted molar refractivity (Wildman–Crippen MR) is 39.3 cm³/mol. The van der Waals surface area contributed by atoms with E-state index in [9.17, 15) is 4.79 Å². The first-order chi connectivity index (χ1) is 5.25. The average molecular weight is 152 g/mol. The minimum Gasteiger partial charge on any atom is -0.473 e. The van der Waals surface area contributed by atoms with Gasteiger partial charge in [-0.25, -0.2) is 4.79 Å². The molecule has 1 rings (SSSR count). The highest BCUT2D eigenvalue weighted by molar-refractivity contribution is 5.83. The van der Waals surface area contributed by atoms with Gasteiger partial charge in [-0.3, -0.25) is 0 Å². The first-order valence-electron chi connectivity index (χ1n) is 3.47. The zero-order valence-electron chi connectivity index (χ0n) is 6.32. The van der Waals surface area contributed by atoms with Crippen LogP contribution in [0.1, 0.15) is 17.4 Å². The third-order valence-electron chi connectivity index (χ3n) is 1.50. The first-order valence-corrected chi connectivity index (χ1v) is 3.47. The second-order valence-corrected chi connectivity index (χ2v) is 2.18. The Morgan fingerprint density at radius 3 is 2.82 bits per heavy atom. The molecule has 1 N–H and O–H groups in total. The fraction of sp³-hybridized carbons (Fsp3) is 0.250. The van der Waals surface area contributed by atoms with Crippen LogP contribution in [-0.2, 0) is 6.54 Å². The number of aromatic nitrogens is 1. The van der Waals surface area contributed by atoms with E-state index in [1.54, 1.807) is 22.9 Å². The summed E-state index contributed by atoms with van der Waals surface area (Å²) in [6, 6.07) is 5.12. The van der Waals surface area contributed by atoms with Gasteiger partial charge in [-0.1, -0.05) is 0 Å². The number of aromatic carboxylic acids is 1. The standard InChI is InChI=1S/C8H9NO2/c1-2-9-6-4-3-5-7(9)8(10)11/h3-6H,2H2,1H3/p+1.